The Morgan fingerprint density at radius 2 is 2.20 bits per heavy atom. The molecule has 6 N–H and O–H groups in total. The summed E-state index contributed by atoms with van der Waals surface area (Å²) in [5.41, 5.74) is 6.52. The summed E-state index contributed by atoms with van der Waals surface area (Å²) in [6.45, 7) is -0.432. The number of nitrogens with one attached hydrogen (secondary N) is 1. The van der Waals surface area contributed by atoms with Gasteiger partial charge in [-0.1, -0.05) is 4.91 Å². The van der Waals surface area contributed by atoms with Gasteiger partial charge in [-0.25, -0.2) is 0 Å². The molecule has 1 aromatic rings. The van der Waals surface area contributed by atoms with Gasteiger partial charge in [0.15, 0.2) is 5.69 Å². The van der Waals surface area contributed by atoms with Gasteiger partial charge in [-0.2, -0.15) is 5.10 Å². The molecule has 0 amide bonds. The van der Waals surface area contributed by atoms with Crippen molar-refractivity contribution in [1.29, 1.82) is 0 Å². The number of hydrogen-bond acceptors (Lipinski definition) is 8. The van der Waals surface area contributed by atoms with Crippen LogP contribution in [0.5, 0.6) is 0 Å². The number of aromatic nitrogens is 2. The molecule has 1 aromatic heterocycles. The Bertz CT molecular complexity index is 572. The van der Waals surface area contributed by atoms with E-state index in [1.807, 2.05) is 0 Å². The van der Waals surface area contributed by atoms with Crippen LogP contribution in [0.1, 0.15) is 23.7 Å². The molecule has 2 aliphatic rings. The number of aromatic amines is 1. The maximum Gasteiger partial charge on any atom is 0.327 e. The van der Waals surface area contributed by atoms with Crippen molar-refractivity contribution in [2.24, 2.45) is 10.7 Å². The van der Waals surface area contributed by atoms with Crippen LogP contribution in [0.4, 0.5) is 5.69 Å². The highest BCUT2D eigenvalue weighted by Crippen LogP contribution is 2.40. The van der Waals surface area contributed by atoms with Crippen LogP contribution in [0.2, 0.25) is 0 Å². The first-order valence-corrected chi connectivity index (χ1v) is 6.00. The van der Waals surface area contributed by atoms with E-state index in [1.165, 1.54) is 0 Å². The standard InChI is InChI=1S/C10H14N5O5/c11-10-6-4(12-2-15(10)19)5(13-14-6)9-8(18)7(17)3(1-16)20-9/h2-3,7-10,16-18H,1,11H2,(H,13,14)/q+1. The van der Waals surface area contributed by atoms with Crippen molar-refractivity contribution in [2.45, 2.75) is 30.6 Å². The molecule has 0 spiro atoms. The molecule has 0 aliphatic carbocycles. The van der Waals surface area contributed by atoms with Crippen molar-refractivity contribution in [2.75, 3.05) is 6.61 Å². The second-order valence-corrected chi connectivity index (χ2v) is 4.68. The molecule has 0 radical (unpaired) electrons. The van der Waals surface area contributed by atoms with E-state index in [1.54, 1.807) is 0 Å². The molecule has 5 unspecified atom stereocenters. The normalized spacial score (nSPS) is 36.4. The Hall–Kier alpha value is -1.72. The van der Waals surface area contributed by atoms with Gasteiger partial charge in [0.2, 0.25) is 11.9 Å². The number of aliphatic hydroxyl groups is 3. The number of rotatable bonds is 2. The SMILES string of the molecule is NC1c2[nH]nc(C3OC(CO)C(O)C3O)c2N=C[N+]1=O. The van der Waals surface area contributed by atoms with Crippen molar-refractivity contribution in [3.05, 3.63) is 16.3 Å². The smallest absolute Gasteiger partial charge is 0.327 e. The molecule has 108 valence electrons. The van der Waals surface area contributed by atoms with Crippen LogP contribution in [0.3, 0.4) is 0 Å². The monoisotopic (exact) mass is 284 g/mol. The fraction of sp³-hybridized carbons (Fsp3) is 0.600. The minimum Gasteiger partial charge on any atom is -0.394 e. The Labute approximate surface area is 112 Å². The van der Waals surface area contributed by atoms with Gasteiger partial charge in [-0.05, 0) is 9.75 Å². The van der Waals surface area contributed by atoms with Crippen molar-refractivity contribution < 1.29 is 24.8 Å². The third-order valence-corrected chi connectivity index (χ3v) is 3.48. The van der Waals surface area contributed by atoms with Crippen molar-refractivity contribution >= 4 is 12.0 Å². The molecule has 10 heteroatoms. The number of H-pyrrole nitrogens is 1. The zero-order valence-electron chi connectivity index (χ0n) is 10.2. The molecule has 10 nitrogen and oxygen atoms in total. The zero-order chi connectivity index (χ0) is 14.4. The minimum absolute atomic E-state index is 0.238. The number of nitroso groups, excluding NO2 is 1. The first-order valence-electron chi connectivity index (χ1n) is 6.00. The van der Waals surface area contributed by atoms with Gasteiger partial charge >= 0.3 is 6.34 Å². The van der Waals surface area contributed by atoms with E-state index in [9.17, 15) is 15.1 Å². The second kappa shape index (κ2) is 4.68. The lowest BCUT2D eigenvalue weighted by atomic mass is 10.0. The quantitative estimate of drug-likeness (QED) is 0.392. The maximum atomic E-state index is 11.3. The lowest BCUT2D eigenvalue weighted by Gasteiger charge is -2.12. The van der Waals surface area contributed by atoms with Crippen LogP contribution in [-0.2, 0) is 4.74 Å². The summed E-state index contributed by atoms with van der Waals surface area (Å²) in [4.78, 5) is 15.3. The Morgan fingerprint density at radius 3 is 2.85 bits per heavy atom. The summed E-state index contributed by atoms with van der Waals surface area (Å²) in [6, 6.07) is 0. The van der Waals surface area contributed by atoms with Crippen LogP contribution < -0.4 is 5.73 Å². The van der Waals surface area contributed by atoms with Crippen LogP contribution in [0.15, 0.2) is 4.99 Å². The van der Waals surface area contributed by atoms with E-state index >= 15 is 0 Å². The van der Waals surface area contributed by atoms with E-state index < -0.39 is 37.2 Å². The molecular formula is C10H14N5O5+. The van der Waals surface area contributed by atoms with Gasteiger partial charge in [0.1, 0.15) is 30.1 Å². The third kappa shape index (κ3) is 1.77. The summed E-state index contributed by atoms with van der Waals surface area (Å²) >= 11 is 0. The lowest BCUT2D eigenvalue weighted by molar-refractivity contribution is -0.475. The van der Waals surface area contributed by atoms with Gasteiger partial charge in [-0.3, -0.25) is 10.8 Å². The van der Waals surface area contributed by atoms with Crippen molar-refractivity contribution in [3.8, 4) is 0 Å². The number of aliphatic hydroxyl groups excluding tert-OH is 3. The van der Waals surface area contributed by atoms with Crippen LogP contribution >= 0.6 is 0 Å². The average Bonchev–Trinajstić information content (AvgIpc) is 2.98. The van der Waals surface area contributed by atoms with Gasteiger partial charge < -0.3 is 20.1 Å². The minimum atomic E-state index is -1.25. The average molecular weight is 284 g/mol. The van der Waals surface area contributed by atoms with Crippen molar-refractivity contribution in [1.82, 2.24) is 10.2 Å². The molecular weight excluding hydrogens is 270 g/mol. The molecule has 3 rings (SSSR count). The predicted molar refractivity (Wildman–Crippen MR) is 64.0 cm³/mol. The Kier molecular flexibility index (Phi) is 3.11. The highest BCUT2D eigenvalue weighted by Gasteiger charge is 2.47. The second-order valence-electron chi connectivity index (χ2n) is 4.68. The summed E-state index contributed by atoms with van der Waals surface area (Å²) in [7, 11) is 0. The molecule has 0 aromatic carbocycles. The molecule has 0 saturated carbocycles. The van der Waals surface area contributed by atoms with E-state index in [2.05, 4.69) is 15.2 Å². The molecule has 1 fully saturated rings. The molecule has 2 aliphatic heterocycles. The van der Waals surface area contributed by atoms with Gasteiger partial charge in [-0.15, -0.1) is 0 Å². The van der Waals surface area contributed by atoms with E-state index in [0.29, 0.717) is 16.1 Å². The van der Waals surface area contributed by atoms with Crippen LogP contribution in [0, 0.1) is 4.91 Å². The molecule has 5 atom stereocenters. The first-order chi connectivity index (χ1) is 9.54. The fourth-order valence-corrected chi connectivity index (χ4v) is 2.34. The fourth-order valence-electron chi connectivity index (χ4n) is 2.34. The molecule has 3 heterocycles. The summed E-state index contributed by atoms with van der Waals surface area (Å²) < 4.78 is 5.83. The number of fused-ring (bicyclic) bond motifs is 1. The van der Waals surface area contributed by atoms with Crippen molar-refractivity contribution in [3.63, 3.8) is 0 Å². The maximum absolute atomic E-state index is 11.3. The van der Waals surface area contributed by atoms with Gasteiger partial charge in [0, 0.05) is 0 Å². The summed E-state index contributed by atoms with van der Waals surface area (Å²) in [5, 5.41) is 35.3. The summed E-state index contributed by atoms with van der Waals surface area (Å²) in [5.74, 6) is 0. The number of hydrogen-bond donors (Lipinski definition) is 5. The number of ether oxygens (including phenoxy) is 1. The van der Waals surface area contributed by atoms with Crippen LogP contribution in [-0.4, -0.2) is 61.5 Å². The van der Waals surface area contributed by atoms with E-state index in [4.69, 9.17) is 15.6 Å². The number of aliphatic imine (C=N–C) groups is 1. The molecule has 20 heavy (non-hydrogen) atoms. The first kappa shape index (κ1) is 13.3. The Balaban J connectivity index is 1.97. The molecule has 1 saturated heterocycles. The number of nitrogens with zero attached hydrogens (tertiary/aromatic N) is 3. The van der Waals surface area contributed by atoms with E-state index in [-0.39, 0.29) is 5.69 Å². The topological polar surface area (TPSA) is 157 Å². The van der Waals surface area contributed by atoms with Crippen LogP contribution in [0.25, 0.3) is 0 Å². The molecule has 0 bridgehead atoms. The third-order valence-electron chi connectivity index (χ3n) is 3.48. The summed E-state index contributed by atoms with van der Waals surface area (Å²) in [6.07, 6.45) is -4.30. The lowest BCUT2D eigenvalue weighted by Crippen LogP contribution is -2.32. The van der Waals surface area contributed by atoms with E-state index in [0.717, 1.165) is 6.34 Å². The number of nitrogens with two attached hydrogens (primary N) is 1. The van der Waals surface area contributed by atoms with Gasteiger partial charge in [0.05, 0.1) is 6.61 Å². The predicted octanol–water partition coefficient (Wildman–Crippen LogP) is -2.03. The highest BCUT2D eigenvalue weighted by molar-refractivity contribution is 5.62. The Morgan fingerprint density at radius 1 is 1.45 bits per heavy atom. The zero-order valence-corrected chi connectivity index (χ0v) is 10.2. The van der Waals surface area contributed by atoms with Gasteiger partial charge in [0.25, 0.3) is 0 Å². The largest absolute Gasteiger partial charge is 0.394 e. The highest BCUT2D eigenvalue weighted by atomic mass is 16.6.